The van der Waals surface area contributed by atoms with Crippen LogP contribution in [0.15, 0.2) is 84.9 Å². The molecule has 0 heterocycles. The molecule has 2 amide bonds. The zero-order valence-corrected chi connectivity index (χ0v) is 25.7. The van der Waals surface area contributed by atoms with Crippen LogP contribution in [0.2, 0.25) is 5.02 Å². The van der Waals surface area contributed by atoms with Crippen LogP contribution in [0.25, 0.3) is 0 Å². The summed E-state index contributed by atoms with van der Waals surface area (Å²) in [4.78, 5) is 29.8. The van der Waals surface area contributed by atoms with Crippen molar-refractivity contribution in [2.45, 2.75) is 57.2 Å². The fourth-order valence-electron chi connectivity index (χ4n) is 5.22. The Morgan fingerprint density at radius 3 is 2.10 bits per heavy atom. The zero-order valence-electron chi connectivity index (χ0n) is 24.2. The van der Waals surface area contributed by atoms with Gasteiger partial charge in [-0.1, -0.05) is 97.6 Å². The lowest BCUT2D eigenvalue weighted by atomic mass is 9.94. The van der Waals surface area contributed by atoms with E-state index < -0.39 is 28.7 Å². The molecule has 8 nitrogen and oxygen atoms in total. The molecule has 3 aromatic carbocycles. The molecule has 1 atom stereocenters. The van der Waals surface area contributed by atoms with Crippen LogP contribution in [0.4, 0.5) is 5.69 Å². The lowest BCUT2D eigenvalue weighted by Crippen LogP contribution is -2.55. The van der Waals surface area contributed by atoms with Gasteiger partial charge in [-0.2, -0.15) is 12.7 Å². The first-order valence-electron chi connectivity index (χ1n) is 14.3. The quantitative estimate of drug-likeness (QED) is 0.311. The van der Waals surface area contributed by atoms with Crippen molar-refractivity contribution in [1.29, 1.82) is 0 Å². The second kappa shape index (κ2) is 14.7. The Hall–Kier alpha value is -3.40. The Morgan fingerprint density at radius 2 is 1.48 bits per heavy atom. The molecule has 0 unspecified atom stereocenters. The molecule has 10 heteroatoms. The van der Waals surface area contributed by atoms with E-state index in [9.17, 15) is 18.0 Å². The van der Waals surface area contributed by atoms with Crippen molar-refractivity contribution in [3.05, 3.63) is 101 Å². The Balaban J connectivity index is 1.75. The van der Waals surface area contributed by atoms with Crippen LogP contribution in [0.5, 0.6) is 0 Å². The summed E-state index contributed by atoms with van der Waals surface area (Å²) in [5, 5.41) is 3.66. The number of carbonyl (C=O) groups is 2. The minimum Gasteiger partial charge on any atom is -0.352 e. The van der Waals surface area contributed by atoms with Crippen molar-refractivity contribution >= 4 is 39.3 Å². The summed E-state index contributed by atoms with van der Waals surface area (Å²) in [5.74, 6) is -0.767. The molecule has 0 radical (unpaired) electrons. The van der Waals surface area contributed by atoms with Gasteiger partial charge < -0.3 is 10.2 Å². The van der Waals surface area contributed by atoms with Gasteiger partial charge in [0.1, 0.15) is 12.6 Å². The van der Waals surface area contributed by atoms with Gasteiger partial charge in [0.2, 0.25) is 11.8 Å². The average Bonchev–Trinajstić information content (AvgIpc) is 2.99. The Morgan fingerprint density at radius 1 is 0.881 bits per heavy atom. The van der Waals surface area contributed by atoms with Crippen LogP contribution in [0.3, 0.4) is 0 Å². The van der Waals surface area contributed by atoms with E-state index in [1.54, 1.807) is 42.5 Å². The lowest BCUT2D eigenvalue weighted by Gasteiger charge is -2.35. The third kappa shape index (κ3) is 8.12. The second-order valence-electron chi connectivity index (χ2n) is 10.8. The van der Waals surface area contributed by atoms with Crippen molar-refractivity contribution in [2.75, 3.05) is 24.9 Å². The topological polar surface area (TPSA) is 90.0 Å². The number of hydrogen-bond donors (Lipinski definition) is 1. The van der Waals surface area contributed by atoms with Gasteiger partial charge in [-0.05, 0) is 42.2 Å². The SMILES string of the molecule is CN(C)S(=O)(=O)N(CC(=O)N(Cc1ccccc1Cl)[C@@H](Cc1ccccc1)C(=O)NC1CCCCC1)c1ccccc1. The Bertz CT molecular complexity index is 1430. The van der Waals surface area contributed by atoms with E-state index in [1.165, 1.54) is 19.0 Å². The van der Waals surface area contributed by atoms with Gasteiger partial charge in [-0.15, -0.1) is 0 Å². The molecule has 1 N–H and O–H groups in total. The highest BCUT2D eigenvalue weighted by Crippen LogP contribution is 2.24. The van der Waals surface area contributed by atoms with E-state index in [0.717, 1.165) is 46.3 Å². The molecule has 0 aliphatic heterocycles. The summed E-state index contributed by atoms with van der Waals surface area (Å²) in [6, 6.07) is 24.4. The van der Waals surface area contributed by atoms with Crippen molar-refractivity contribution < 1.29 is 18.0 Å². The summed E-state index contributed by atoms with van der Waals surface area (Å²) in [6.07, 6.45) is 5.29. The molecule has 1 aliphatic carbocycles. The number of para-hydroxylation sites is 1. The van der Waals surface area contributed by atoms with Crippen molar-refractivity contribution in [3.63, 3.8) is 0 Å². The molecule has 224 valence electrons. The van der Waals surface area contributed by atoms with E-state index in [0.29, 0.717) is 16.3 Å². The molecule has 0 bridgehead atoms. The molecule has 4 rings (SSSR count). The van der Waals surface area contributed by atoms with Crippen LogP contribution in [0, 0.1) is 0 Å². The summed E-state index contributed by atoms with van der Waals surface area (Å²) < 4.78 is 29.0. The summed E-state index contributed by atoms with van der Waals surface area (Å²) in [7, 11) is -1.19. The van der Waals surface area contributed by atoms with Gasteiger partial charge in [0.25, 0.3) is 0 Å². The van der Waals surface area contributed by atoms with E-state index in [2.05, 4.69) is 5.32 Å². The molecule has 1 saturated carbocycles. The van der Waals surface area contributed by atoms with Gasteiger partial charge in [-0.3, -0.25) is 9.59 Å². The maximum Gasteiger partial charge on any atom is 0.304 e. The fraction of sp³-hybridized carbons (Fsp3) is 0.375. The van der Waals surface area contributed by atoms with Gasteiger partial charge >= 0.3 is 10.2 Å². The number of carbonyl (C=O) groups excluding carboxylic acids is 2. The zero-order chi connectivity index (χ0) is 30.1. The van der Waals surface area contributed by atoms with E-state index in [4.69, 9.17) is 11.6 Å². The van der Waals surface area contributed by atoms with Gasteiger partial charge in [0, 0.05) is 38.1 Å². The van der Waals surface area contributed by atoms with Crippen LogP contribution in [0.1, 0.15) is 43.2 Å². The van der Waals surface area contributed by atoms with Crippen molar-refractivity contribution in [2.24, 2.45) is 0 Å². The largest absolute Gasteiger partial charge is 0.352 e. The minimum atomic E-state index is -4.04. The van der Waals surface area contributed by atoms with Crippen LogP contribution in [-0.2, 0) is 32.8 Å². The van der Waals surface area contributed by atoms with Gasteiger partial charge in [0.15, 0.2) is 0 Å². The predicted molar refractivity (Wildman–Crippen MR) is 167 cm³/mol. The highest BCUT2D eigenvalue weighted by Gasteiger charge is 2.35. The smallest absolute Gasteiger partial charge is 0.304 e. The third-order valence-electron chi connectivity index (χ3n) is 7.58. The Kier molecular flexibility index (Phi) is 11.0. The second-order valence-corrected chi connectivity index (χ2v) is 13.3. The number of rotatable bonds is 12. The number of amides is 2. The minimum absolute atomic E-state index is 0.0386. The van der Waals surface area contributed by atoms with Gasteiger partial charge in [-0.25, -0.2) is 4.31 Å². The summed E-state index contributed by atoms with van der Waals surface area (Å²) in [5.41, 5.74) is 1.90. The number of benzene rings is 3. The maximum atomic E-state index is 14.3. The number of nitrogens with one attached hydrogen (secondary N) is 1. The molecule has 3 aromatic rings. The molecular weight excluding hydrogens is 572 g/mol. The number of nitrogens with zero attached hydrogens (tertiary/aromatic N) is 3. The standard InChI is InChI=1S/C32H39ClN4O4S/c1-35(2)42(40,41)37(28-19-10-5-11-20-28)24-31(38)36(23-26-16-12-13-21-29(26)33)30(22-25-14-6-3-7-15-25)32(39)34-27-17-8-4-9-18-27/h3,5-7,10-16,19-21,27,30H,4,8-9,17-18,22-24H2,1-2H3,(H,34,39)/t30-/m0/s1. The normalized spacial score (nSPS) is 14.8. The molecule has 42 heavy (non-hydrogen) atoms. The van der Waals surface area contributed by atoms with Crippen molar-refractivity contribution in [1.82, 2.24) is 14.5 Å². The number of halogens is 1. The van der Waals surface area contributed by atoms with Crippen molar-refractivity contribution in [3.8, 4) is 0 Å². The average molecular weight is 611 g/mol. The highest BCUT2D eigenvalue weighted by atomic mass is 35.5. The monoisotopic (exact) mass is 610 g/mol. The van der Waals surface area contributed by atoms with E-state index in [-0.39, 0.29) is 24.9 Å². The molecule has 1 fully saturated rings. The molecular formula is C32H39ClN4O4S. The van der Waals surface area contributed by atoms with E-state index >= 15 is 0 Å². The molecule has 0 spiro atoms. The number of hydrogen-bond acceptors (Lipinski definition) is 4. The predicted octanol–water partition coefficient (Wildman–Crippen LogP) is 5.04. The Labute approximate surface area is 254 Å². The van der Waals surface area contributed by atoms with Gasteiger partial charge in [0.05, 0.1) is 5.69 Å². The van der Waals surface area contributed by atoms with Crippen LogP contribution < -0.4 is 9.62 Å². The molecule has 1 aliphatic rings. The summed E-state index contributed by atoms with van der Waals surface area (Å²) >= 11 is 6.54. The van der Waals surface area contributed by atoms with E-state index in [1.807, 2.05) is 42.5 Å². The maximum absolute atomic E-state index is 14.3. The summed E-state index contributed by atoms with van der Waals surface area (Å²) in [6.45, 7) is -0.449. The molecule has 0 saturated heterocycles. The van der Waals surface area contributed by atoms with Crippen LogP contribution in [-0.4, -0.2) is 62.2 Å². The van der Waals surface area contributed by atoms with Crippen LogP contribution >= 0.6 is 11.6 Å². The first-order valence-corrected chi connectivity index (χ1v) is 16.1. The highest BCUT2D eigenvalue weighted by molar-refractivity contribution is 7.90. The first kappa shape index (κ1) is 31.5. The molecule has 0 aromatic heterocycles. The fourth-order valence-corrected chi connectivity index (χ4v) is 6.47. The third-order valence-corrected chi connectivity index (χ3v) is 9.77. The first-order chi connectivity index (χ1) is 20.2. The number of anilines is 1. The lowest BCUT2D eigenvalue weighted by molar-refractivity contribution is -0.140.